The van der Waals surface area contributed by atoms with Crippen molar-refractivity contribution in [2.45, 2.75) is 6.04 Å². The van der Waals surface area contributed by atoms with Crippen LogP contribution in [-0.4, -0.2) is 44.2 Å². The highest BCUT2D eigenvalue weighted by Crippen LogP contribution is 2.10. The fourth-order valence-corrected chi connectivity index (χ4v) is 1.39. The zero-order valence-corrected chi connectivity index (χ0v) is 9.43. The zero-order chi connectivity index (χ0) is 11.5. The molecule has 1 aliphatic heterocycles. The minimum absolute atomic E-state index is 0.0706. The lowest BCUT2D eigenvalue weighted by atomic mass is 10.2. The number of carbonyl (C=O) groups is 1. The molecule has 86 valence electrons. The van der Waals surface area contributed by atoms with Crippen LogP contribution in [0.15, 0.2) is 18.3 Å². The predicted molar refractivity (Wildman–Crippen MR) is 60.6 cm³/mol. The number of pyridine rings is 1. The lowest BCUT2D eigenvalue weighted by molar-refractivity contribution is -0.00346. The molecule has 2 rings (SSSR count). The average Bonchev–Trinajstić information content (AvgIpc) is 2.23. The molecule has 1 aromatic heterocycles. The van der Waals surface area contributed by atoms with Gasteiger partial charge in [-0.2, -0.15) is 0 Å². The number of nitrogens with zero attached hydrogens (tertiary/aromatic N) is 2. The maximum Gasteiger partial charge on any atom is 0.251 e. The normalized spacial score (nSPS) is 15.4. The maximum absolute atomic E-state index is 11.8. The Bertz CT molecular complexity index is 389. The molecule has 0 bridgehead atoms. The number of anilines is 1. The van der Waals surface area contributed by atoms with Gasteiger partial charge in [-0.3, -0.25) is 4.79 Å². The second-order valence-corrected chi connectivity index (χ2v) is 4.00. The standard InChI is InChI=1S/C11H15N3O2/c1-14(2)10-5-8(3-4-12-10)11(15)13-9-6-16-7-9/h3-5,9H,6-7H2,1-2H3,(H,13,15). The van der Waals surface area contributed by atoms with E-state index >= 15 is 0 Å². The van der Waals surface area contributed by atoms with Gasteiger partial charge in [0.1, 0.15) is 5.82 Å². The van der Waals surface area contributed by atoms with E-state index in [1.54, 1.807) is 18.3 Å². The Kier molecular flexibility index (Phi) is 3.05. The number of rotatable bonds is 3. The molecule has 1 aliphatic rings. The Hall–Kier alpha value is -1.62. The summed E-state index contributed by atoms with van der Waals surface area (Å²) in [6.07, 6.45) is 1.64. The van der Waals surface area contributed by atoms with E-state index in [2.05, 4.69) is 10.3 Å². The van der Waals surface area contributed by atoms with E-state index in [-0.39, 0.29) is 11.9 Å². The molecule has 2 heterocycles. The van der Waals surface area contributed by atoms with E-state index in [4.69, 9.17) is 4.74 Å². The fourth-order valence-electron chi connectivity index (χ4n) is 1.39. The van der Waals surface area contributed by atoms with Gasteiger partial charge < -0.3 is 15.0 Å². The molecule has 0 radical (unpaired) electrons. The van der Waals surface area contributed by atoms with Crippen LogP contribution in [0, 0.1) is 0 Å². The number of carbonyl (C=O) groups excluding carboxylic acids is 1. The van der Waals surface area contributed by atoms with Crippen molar-refractivity contribution < 1.29 is 9.53 Å². The van der Waals surface area contributed by atoms with E-state index in [0.717, 1.165) is 5.82 Å². The van der Waals surface area contributed by atoms with Gasteiger partial charge in [0.2, 0.25) is 0 Å². The molecule has 5 nitrogen and oxygen atoms in total. The van der Waals surface area contributed by atoms with Gasteiger partial charge in [-0.15, -0.1) is 0 Å². The Morgan fingerprint density at radius 3 is 2.88 bits per heavy atom. The third-order valence-corrected chi connectivity index (χ3v) is 2.44. The van der Waals surface area contributed by atoms with Crippen LogP contribution >= 0.6 is 0 Å². The van der Waals surface area contributed by atoms with Crippen LogP contribution in [0.3, 0.4) is 0 Å². The summed E-state index contributed by atoms with van der Waals surface area (Å²) in [6.45, 7) is 1.22. The van der Waals surface area contributed by atoms with E-state index < -0.39 is 0 Å². The summed E-state index contributed by atoms with van der Waals surface area (Å²) in [4.78, 5) is 17.8. The second-order valence-electron chi connectivity index (χ2n) is 4.00. The van der Waals surface area contributed by atoms with Crippen LogP contribution in [0.1, 0.15) is 10.4 Å². The number of hydrogen-bond acceptors (Lipinski definition) is 4. The lowest BCUT2D eigenvalue weighted by Gasteiger charge is -2.26. The highest BCUT2D eigenvalue weighted by atomic mass is 16.5. The molecule has 16 heavy (non-hydrogen) atoms. The minimum Gasteiger partial charge on any atom is -0.377 e. The summed E-state index contributed by atoms with van der Waals surface area (Å²) >= 11 is 0. The summed E-state index contributed by atoms with van der Waals surface area (Å²) in [5.74, 6) is 0.705. The summed E-state index contributed by atoms with van der Waals surface area (Å²) < 4.78 is 5.00. The largest absolute Gasteiger partial charge is 0.377 e. The number of nitrogens with one attached hydrogen (secondary N) is 1. The molecule has 5 heteroatoms. The van der Waals surface area contributed by atoms with Crippen molar-refractivity contribution >= 4 is 11.7 Å². The van der Waals surface area contributed by atoms with Crippen molar-refractivity contribution in [3.8, 4) is 0 Å². The summed E-state index contributed by atoms with van der Waals surface area (Å²) in [7, 11) is 3.79. The molecule has 0 spiro atoms. The first kappa shape index (κ1) is 10.9. The Morgan fingerprint density at radius 1 is 1.56 bits per heavy atom. The second kappa shape index (κ2) is 4.49. The average molecular weight is 221 g/mol. The van der Waals surface area contributed by atoms with Crippen LogP contribution in [0.2, 0.25) is 0 Å². The van der Waals surface area contributed by atoms with Gasteiger partial charge in [-0.05, 0) is 12.1 Å². The van der Waals surface area contributed by atoms with Crippen LogP contribution in [-0.2, 0) is 4.74 Å². The molecule has 1 saturated heterocycles. The van der Waals surface area contributed by atoms with Gasteiger partial charge in [0.15, 0.2) is 0 Å². The van der Waals surface area contributed by atoms with Gasteiger partial charge in [-0.25, -0.2) is 4.98 Å². The molecule has 0 atom stereocenters. The van der Waals surface area contributed by atoms with E-state index in [9.17, 15) is 4.79 Å². The van der Waals surface area contributed by atoms with E-state index in [1.165, 1.54) is 0 Å². The van der Waals surface area contributed by atoms with Crippen molar-refractivity contribution in [2.24, 2.45) is 0 Å². The Labute approximate surface area is 94.4 Å². The van der Waals surface area contributed by atoms with Crippen LogP contribution in [0.5, 0.6) is 0 Å². The minimum atomic E-state index is -0.0706. The molecule has 1 amide bonds. The molecule has 0 aromatic carbocycles. The predicted octanol–water partition coefficient (Wildman–Crippen LogP) is 0.276. The van der Waals surface area contributed by atoms with Crippen molar-refractivity contribution in [1.82, 2.24) is 10.3 Å². The van der Waals surface area contributed by atoms with Crippen molar-refractivity contribution in [1.29, 1.82) is 0 Å². The highest BCUT2D eigenvalue weighted by molar-refractivity contribution is 5.95. The fraction of sp³-hybridized carbons (Fsp3) is 0.455. The van der Waals surface area contributed by atoms with Gasteiger partial charge in [0.25, 0.3) is 5.91 Å². The Morgan fingerprint density at radius 2 is 2.31 bits per heavy atom. The van der Waals surface area contributed by atoms with Gasteiger partial charge in [0.05, 0.1) is 19.3 Å². The van der Waals surface area contributed by atoms with Gasteiger partial charge >= 0.3 is 0 Å². The van der Waals surface area contributed by atoms with Crippen LogP contribution < -0.4 is 10.2 Å². The van der Waals surface area contributed by atoms with Crippen molar-refractivity contribution in [3.05, 3.63) is 23.9 Å². The molecule has 1 fully saturated rings. The number of hydrogen-bond donors (Lipinski definition) is 1. The first-order valence-electron chi connectivity index (χ1n) is 5.19. The van der Waals surface area contributed by atoms with E-state index in [0.29, 0.717) is 18.8 Å². The van der Waals surface area contributed by atoms with E-state index in [1.807, 2.05) is 19.0 Å². The number of aromatic nitrogens is 1. The van der Waals surface area contributed by atoms with Crippen molar-refractivity contribution in [2.75, 3.05) is 32.2 Å². The molecule has 0 aliphatic carbocycles. The highest BCUT2D eigenvalue weighted by Gasteiger charge is 2.21. The maximum atomic E-state index is 11.8. The quantitative estimate of drug-likeness (QED) is 0.796. The molecule has 1 N–H and O–H groups in total. The van der Waals surface area contributed by atoms with Crippen LogP contribution in [0.4, 0.5) is 5.82 Å². The SMILES string of the molecule is CN(C)c1cc(C(=O)NC2COC2)ccn1. The third-order valence-electron chi connectivity index (χ3n) is 2.44. The number of amides is 1. The molecular weight excluding hydrogens is 206 g/mol. The topological polar surface area (TPSA) is 54.5 Å². The summed E-state index contributed by atoms with van der Waals surface area (Å²) in [5, 5.41) is 2.89. The Balaban J connectivity index is 2.06. The number of ether oxygens (including phenoxy) is 1. The molecule has 1 aromatic rings. The summed E-state index contributed by atoms with van der Waals surface area (Å²) in [6, 6.07) is 3.64. The smallest absolute Gasteiger partial charge is 0.251 e. The molecule has 0 unspecified atom stereocenters. The first-order chi connectivity index (χ1) is 7.66. The first-order valence-corrected chi connectivity index (χ1v) is 5.19. The summed E-state index contributed by atoms with van der Waals surface area (Å²) in [5.41, 5.74) is 0.630. The lowest BCUT2D eigenvalue weighted by Crippen LogP contribution is -2.48. The monoisotopic (exact) mass is 221 g/mol. The van der Waals surface area contributed by atoms with Crippen molar-refractivity contribution in [3.63, 3.8) is 0 Å². The zero-order valence-electron chi connectivity index (χ0n) is 9.43. The third kappa shape index (κ3) is 2.30. The van der Waals surface area contributed by atoms with Gasteiger partial charge in [0, 0.05) is 25.9 Å². The van der Waals surface area contributed by atoms with Gasteiger partial charge in [-0.1, -0.05) is 0 Å². The molecule has 0 saturated carbocycles. The molecular formula is C11H15N3O2. The van der Waals surface area contributed by atoms with Crippen LogP contribution in [0.25, 0.3) is 0 Å².